The van der Waals surface area contributed by atoms with E-state index in [2.05, 4.69) is 24.3 Å². The van der Waals surface area contributed by atoms with E-state index in [1.54, 1.807) is 12.1 Å². The van der Waals surface area contributed by atoms with Crippen LogP contribution in [0.4, 0.5) is 4.79 Å². The van der Waals surface area contributed by atoms with E-state index in [0.717, 1.165) is 12.8 Å². The summed E-state index contributed by atoms with van der Waals surface area (Å²) < 4.78 is 5.51. The van der Waals surface area contributed by atoms with Crippen molar-refractivity contribution < 1.29 is 14.6 Å². The lowest BCUT2D eigenvalue weighted by Crippen LogP contribution is -2.42. The number of rotatable bonds is 3. The van der Waals surface area contributed by atoms with Crippen molar-refractivity contribution in [2.45, 2.75) is 45.1 Å². The monoisotopic (exact) mass is 367 g/mol. The van der Waals surface area contributed by atoms with Crippen LogP contribution in [0, 0.1) is 5.92 Å². The molecule has 2 aromatic carbocycles. The van der Waals surface area contributed by atoms with E-state index >= 15 is 0 Å². The van der Waals surface area contributed by atoms with Gasteiger partial charge < -0.3 is 14.7 Å². The zero-order valence-corrected chi connectivity index (χ0v) is 16.4. The van der Waals surface area contributed by atoms with Crippen molar-refractivity contribution in [2.75, 3.05) is 13.1 Å². The lowest BCUT2D eigenvalue weighted by Gasteiger charge is -2.37. The predicted octanol–water partition coefficient (Wildman–Crippen LogP) is 5.17. The van der Waals surface area contributed by atoms with Crippen LogP contribution in [0.25, 0.3) is 0 Å². The number of piperidine rings is 1. The van der Waals surface area contributed by atoms with E-state index in [4.69, 9.17) is 4.74 Å². The fraction of sp³-hybridized carbons (Fsp3) is 0.435. The molecule has 3 rings (SSSR count). The van der Waals surface area contributed by atoms with Gasteiger partial charge in [-0.3, -0.25) is 0 Å². The fourth-order valence-corrected chi connectivity index (χ4v) is 3.82. The molecule has 27 heavy (non-hydrogen) atoms. The van der Waals surface area contributed by atoms with Crippen molar-refractivity contribution in [3.8, 4) is 5.75 Å². The molecule has 1 fully saturated rings. The number of hydrogen-bond donors (Lipinski definition) is 1. The molecule has 1 N–H and O–H groups in total. The first-order chi connectivity index (χ1) is 12.8. The Balaban J connectivity index is 1.75. The molecule has 0 radical (unpaired) electrons. The van der Waals surface area contributed by atoms with Crippen LogP contribution in [0.2, 0.25) is 0 Å². The number of amides is 1. The number of phenolic OH excluding ortho intramolecular Hbond substituents is 1. The summed E-state index contributed by atoms with van der Waals surface area (Å²) in [5.41, 5.74) is 2.01. The smallest absolute Gasteiger partial charge is 0.410 e. The Hall–Kier alpha value is -2.49. The summed E-state index contributed by atoms with van der Waals surface area (Å²) in [5, 5.41) is 9.65. The molecule has 4 nitrogen and oxygen atoms in total. The number of aromatic hydroxyl groups is 1. The molecule has 1 amide bonds. The van der Waals surface area contributed by atoms with Crippen LogP contribution in [0.1, 0.15) is 50.7 Å². The molecule has 0 bridgehead atoms. The van der Waals surface area contributed by atoms with Crippen LogP contribution < -0.4 is 0 Å². The first-order valence-electron chi connectivity index (χ1n) is 9.65. The Kier molecular flexibility index (Phi) is 5.73. The van der Waals surface area contributed by atoms with Gasteiger partial charge in [-0.25, -0.2) is 4.79 Å². The highest BCUT2D eigenvalue weighted by atomic mass is 16.6. The second-order valence-electron chi connectivity index (χ2n) is 8.28. The molecule has 2 aromatic rings. The zero-order chi connectivity index (χ0) is 19.4. The number of benzene rings is 2. The van der Waals surface area contributed by atoms with Gasteiger partial charge in [-0.15, -0.1) is 0 Å². The highest BCUT2D eigenvalue weighted by Crippen LogP contribution is 2.38. The van der Waals surface area contributed by atoms with E-state index < -0.39 is 5.60 Å². The van der Waals surface area contributed by atoms with Crippen LogP contribution in [-0.4, -0.2) is 34.8 Å². The maximum absolute atomic E-state index is 12.3. The lowest BCUT2D eigenvalue weighted by molar-refractivity contribution is 0.0178. The summed E-state index contributed by atoms with van der Waals surface area (Å²) in [5.74, 6) is 0.980. The number of nitrogens with zero attached hydrogens (tertiary/aromatic N) is 1. The average Bonchev–Trinajstić information content (AvgIpc) is 2.64. The summed E-state index contributed by atoms with van der Waals surface area (Å²) in [7, 11) is 0. The minimum Gasteiger partial charge on any atom is -0.508 e. The van der Waals surface area contributed by atoms with Gasteiger partial charge in [0.25, 0.3) is 0 Å². The average molecular weight is 367 g/mol. The van der Waals surface area contributed by atoms with Crippen LogP contribution in [0.3, 0.4) is 0 Å². The summed E-state index contributed by atoms with van der Waals surface area (Å²) in [4.78, 5) is 14.2. The van der Waals surface area contributed by atoms with Crippen LogP contribution in [0.15, 0.2) is 54.6 Å². The topological polar surface area (TPSA) is 49.8 Å². The van der Waals surface area contributed by atoms with Crippen molar-refractivity contribution >= 4 is 6.09 Å². The molecule has 1 unspecified atom stereocenters. The molecule has 0 aliphatic carbocycles. The Bertz CT molecular complexity index is 741. The molecule has 0 spiro atoms. The maximum atomic E-state index is 12.3. The number of likely N-dealkylation sites (tertiary alicyclic amines) is 1. The predicted molar refractivity (Wildman–Crippen MR) is 107 cm³/mol. The third-order valence-electron chi connectivity index (χ3n) is 5.07. The second-order valence-corrected chi connectivity index (χ2v) is 8.28. The highest BCUT2D eigenvalue weighted by Gasteiger charge is 2.32. The number of carbonyl (C=O) groups excluding carboxylic acids is 1. The lowest BCUT2D eigenvalue weighted by atomic mass is 9.76. The minimum absolute atomic E-state index is 0.221. The van der Waals surface area contributed by atoms with Gasteiger partial charge in [-0.05, 0) is 62.8 Å². The standard InChI is InChI=1S/C23H29NO3/c1-23(2,3)27-22(26)24-15-13-19(14-16-24)21(17-7-5-4-6-8-17)18-9-11-20(25)12-10-18/h4-12,19,21,25H,13-16H2,1-3H3. The molecule has 1 heterocycles. The molecule has 1 aliphatic heterocycles. The van der Waals surface area contributed by atoms with Crippen molar-refractivity contribution in [3.63, 3.8) is 0 Å². The molecule has 0 saturated carbocycles. The molecule has 0 aromatic heterocycles. The normalized spacial score (nSPS) is 16.8. The molecule has 1 saturated heterocycles. The van der Waals surface area contributed by atoms with E-state index in [-0.39, 0.29) is 17.8 Å². The quantitative estimate of drug-likeness (QED) is 0.814. The molecule has 144 valence electrons. The molecule has 1 aliphatic rings. The van der Waals surface area contributed by atoms with Gasteiger partial charge in [0.05, 0.1) is 0 Å². The van der Waals surface area contributed by atoms with E-state index in [1.165, 1.54) is 11.1 Å². The van der Waals surface area contributed by atoms with Crippen molar-refractivity contribution in [3.05, 3.63) is 65.7 Å². The Morgan fingerprint density at radius 2 is 1.56 bits per heavy atom. The maximum Gasteiger partial charge on any atom is 0.410 e. The first kappa shape index (κ1) is 19.3. The summed E-state index contributed by atoms with van der Waals surface area (Å²) in [6, 6.07) is 18.0. The SMILES string of the molecule is CC(C)(C)OC(=O)N1CCC(C(c2ccccc2)c2ccc(O)cc2)CC1. The van der Waals surface area contributed by atoms with Crippen molar-refractivity contribution in [2.24, 2.45) is 5.92 Å². The van der Waals surface area contributed by atoms with Gasteiger partial charge in [0.15, 0.2) is 0 Å². The van der Waals surface area contributed by atoms with Gasteiger partial charge in [0.2, 0.25) is 0 Å². The zero-order valence-electron chi connectivity index (χ0n) is 16.4. The van der Waals surface area contributed by atoms with E-state index in [1.807, 2.05) is 43.9 Å². The number of ether oxygens (including phenoxy) is 1. The molecular formula is C23H29NO3. The fourth-order valence-electron chi connectivity index (χ4n) is 3.82. The Morgan fingerprint density at radius 1 is 1.00 bits per heavy atom. The van der Waals surface area contributed by atoms with Crippen LogP contribution in [0.5, 0.6) is 5.75 Å². The number of carbonyl (C=O) groups is 1. The first-order valence-corrected chi connectivity index (χ1v) is 9.65. The Morgan fingerprint density at radius 3 is 2.11 bits per heavy atom. The van der Waals surface area contributed by atoms with Gasteiger partial charge in [-0.2, -0.15) is 0 Å². The highest BCUT2D eigenvalue weighted by molar-refractivity contribution is 5.68. The minimum atomic E-state index is -0.466. The third-order valence-corrected chi connectivity index (χ3v) is 5.07. The third kappa shape index (κ3) is 5.03. The number of hydrogen-bond acceptors (Lipinski definition) is 3. The molecular weight excluding hydrogens is 338 g/mol. The molecule has 1 atom stereocenters. The van der Waals surface area contributed by atoms with Crippen LogP contribution >= 0.6 is 0 Å². The number of phenols is 1. The Labute approximate surface area is 161 Å². The van der Waals surface area contributed by atoms with Crippen molar-refractivity contribution in [1.29, 1.82) is 0 Å². The van der Waals surface area contributed by atoms with E-state index in [0.29, 0.717) is 19.0 Å². The van der Waals surface area contributed by atoms with Gasteiger partial charge in [0, 0.05) is 19.0 Å². The summed E-state index contributed by atoms with van der Waals surface area (Å²) >= 11 is 0. The largest absolute Gasteiger partial charge is 0.508 e. The van der Waals surface area contributed by atoms with E-state index in [9.17, 15) is 9.90 Å². The second kappa shape index (κ2) is 8.03. The van der Waals surface area contributed by atoms with Crippen molar-refractivity contribution in [1.82, 2.24) is 4.90 Å². The molecule has 4 heteroatoms. The van der Waals surface area contributed by atoms with Crippen LogP contribution in [-0.2, 0) is 4.74 Å². The van der Waals surface area contributed by atoms with Gasteiger partial charge >= 0.3 is 6.09 Å². The van der Waals surface area contributed by atoms with Gasteiger partial charge in [0.1, 0.15) is 11.4 Å². The summed E-state index contributed by atoms with van der Waals surface area (Å²) in [6.07, 6.45) is 1.64. The van der Waals surface area contributed by atoms with Gasteiger partial charge in [-0.1, -0.05) is 42.5 Å². The summed E-state index contributed by atoms with van der Waals surface area (Å²) in [6.45, 7) is 7.11.